The molecule has 0 bridgehead atoms. The average Bonchev–Trinajstić information content (AvgIpc) is 2.48. The van der Waals surface area contributed by atoms with Crippen molar-refractivity contribution < 1.29 is 19.4 Å². The molecule has 1 aliphatic rings. The van der Waals surface area contributed by atoms with E-state index in [0.29, 0.717) is 17.9 Å². The van der Waals surface area contributed by atoms with Gasteiger partial charge in [0.15, 0.2) is 0 Å². The summed E-state index contributed by atoms with van der Waals surface area (Å²) in [4.78, 5) is 25.4. The zero-order valence-electron chi connectivity index (χ0n) is 11.6. The van der Waals surface area contributed by atoms with Crippen molar-refractivity contribution in [1.29, 1.82) is 0 Å². The zero-order valence-corrected chi connectivity index (χ0v) is 11.6. The minimum Gasteiger partial charge on any atom is -0.493 e. The fraction of sp³-hybridized carbons (Fsp3) is 0.467. The lowest BCUT2D eigenvalue weighted by molar-refractivity contribution is 0.0692. The molecule has 0 atom stereocenters. The lowest BCUT2D eigenvalue weighted by Crippen LogP contribution is -2.35. The number of carboxylic acid groups (broad SMARTS) is 1. The van der Waals surface area contributed by atoms with Crippen LogP contribution in [0.4, 0.5) is 0 Å². The summed E-state index contributed by atoms with van der Waals surface area (Å²) >= 11 is 0. The van der Waals surface area contributed by atoms with Crippen LogP contribution >= 0.6 is 0 Å². The van der Waals surface area contributed by atoms with Gasteiger partial charge in [-0.05, 0) is 44.4 Å². The number of hydrogen-bond donors (Lipinski definition) is 1. The second kappa shape index (κ2) is 6.41. The second-order valence-electron chi connectivity index (χ2n) is 4.80. The van der Waals surface area contributed by atoms with E-state index in [2.05, 4.69) is 0 Å². The van der Waals surface area contributed by atoms with Gasteiger partial charge in [0.1, 0.15) is 11.3 Å². The van der Waals surface area contributed by atoms with Crippen molar-refractivity contribution in [3.05, 3.63) is 29.3 Å². The second-order valence-corrected chi connectivity index (χ2v) is 4.80. The number of rotatable bonds is 4. The first-order chi connectivity index (χ1) is 9.63. The molecular formula is C15H19NO4. The highest BCUT2D eigenvalue weighted by atomic mass is 16.5. The van der Waals surface area contributed by atoms with Crippen LogP contribution in [0, 0.1) is 0 Å². The van der Waals surface area contributed by atoms with E-state index in [9.17, 15) is 14.7 Å². The van der Waals surface area contributed by atoms with Gasteiger partial charge in [-0.25, -0.2) is 4.79 Å². The van der Waals surface area contributed by atoms with Crippen LogP contribution in [0.1, 0.15) is 46.9 Å². The summed E-state index contributed by atoms with van der Waals surface area (Å²) in [5.74, 6) is -0.882. The summed E-state index contributed by atoms with van der Waals surface area (Å²) in [5.41, 5.74) is 0.447. The van der Waals surface area contributed by atoms with Crippen molar-refractivity contribution in [2.45, 2.75) is 26.2 Å². The molecule has 0 aliphatic carbocycles. The smallest absolute Gasteiger partial charge is 0.339 e. The summed E-state index contributed by atoms with van der Waals surface area (Å²) in [6.45, 7) is 3.67. The van der Waals surface area contributed by atoms with E-state index in [0.717, 1.165) is 32.4 Å². The Labute approximate surface area is 118 Å². The molecule has 0 unspecified atom stereocenters. The minimum atomic E-state index is -1.08. The molecule has 2 rings (SSSR count). The summed E-state index contributed by atoms with van der Waals surface area (Å²) in [6.07, 6.45) is 3.16. The van der Waals surface area contributed by atoms with Crippen molar-refractivity contribution >= 4 is 11.9 Å². The highest BCUT2D eigenvalue weighted by Gasteiger charge is 2.21. The number of carbonyl (C=O) groups is 2. The standard InChI is InChI=1S/C15H19NO4/c1-2-20-13-7-6-11(10-12(13)15(18)19)14(17)16-8-4-3-5-9-16/h6-7,10H,2-5,8-9H2,1H3,(H,18,19). The van der Waals surface area contributed by atoms with Gasteiger partial charge < -0.3 is 14.7 Å². The summed E-state index contributed by atoms with van der Waals surface area (Å²) in [6, 6.07) is 4.60. The molecule has 5 nitrogen and oxygen atoms in total. The van der Waals surface area contributed by atoms with Crippen LogP contribution in [0.15, 0.2) is 18.2 Å². The first kappa shape index (κ1) is 14.4. The van der Waals surface area contributed by atoms with Gasteiger partial charge in [-0.1, -0.05) is 0 Å². The van der Waals surface area contributed by atoms with Crippen LogP contribution in [-0.4, -0.2) is 41.6 Å². The topological polar surface area (TPSA) is 66.8 Å². The Morgan fingerprint density at radius 2 is 1.95 bits per heavy atom. The average molecular weight is 277 g/mol. The molecule has 108 valence electrons. The highest BCUT2D eigenvalue weighted by Crippen LogP contribution is 2.22. The third-order valence-corrected chi connectivity index (χ3v) is 3.40. The molecule has 5 heteroatoms. The van der Waals surface area contributed by atoms with Crippen molar-refractivity contribution in [2.24, 2.45) is 0 Å². The van der Waals surface area contributed by atoms with Crippen LogP contribution in [0.25, 0.3) is 0 Å². The largest absolute Gasteiger partial charge is 0.493 e. The quantitative estimate of drug-likeness (QED) is 0.917. The lowest BCUT2D eigenvalue weighted by Gasteiger charge is -2.26. The van der Waals surface area contributed by atoms with Gasteiger partial charge in [0.25, 0.3) is 5.91 Å². The number of ether oxygens (including phenoxy) is 1. The predicted octanol–water partition coefficient (Wildman–Crippen LogP) is 2.41. The lowest BCUT2D eigenvalue weighted by atomic mass is 10.1. The summed E-state index contributed by atoms with van der Waals surface area (Å²) in [5, 5.41) is 9.20. The summed E-state index contributed by atoms with van der Waals surface area (Å²) in [7, 11) is 0. The maximum atomic E-state index is 12.3. The molecule has 0 aromatic heterocycles. The van der Waals surface area contributed by atoms with Crippen molar-refractivity contribution in [1.82, 2.24) is 4.90 Å². The number of benzene rings is 1. The summed E-state index contributed by atoms with van der Waals surface area (Å²) < 4.78 is 5.27. The molecule has 1 fully saturated rings. The third-order valence-electron chi connectivity index (χ3n) is 3.40. The maximum absolute atomic E-state index is 12.3. The first-order valence-corrected chi connectivity index (χ1v) is 6.93. The van der Waals surface area contributed by atoms with E-state index in [1.165, 1.54) is 6.07 Å². The Bertz CT molecular complexity index is 507. The molecule has 1 aromatic carbocycles. The van der Waals surface area contributed by atoms with Gasteiger partial charge in [0.2, 0.25) is 0 Å². The van der Waals surface area contributed by atoms with E-state index < -0.39 is 5.97 Å². The Balaban J connectivity index is 2.25. The fourth-order valence-electron chi connectivity index (χ4n) is 2.39. The maximum Gasteiger partial charge on any atom is 0.339 e. The van der Waals surface area contributed by atoms with Crippen LogP contribution in [0.3, 0.4) is 0 Å². The number of piperidine rings is 1. The fourth-order valence-corrected chi connectivity index (χ4v) is 2.39. The molecular weight excluding hydrogens is 258 g/mol. The van der Waals surface area contributed by atoms with E-state index in [4.69, 9.17) is 4.74 Å². The number of aromatic carboxylic acids is 1. The molecule has 1 saturated heterocycles. The van der Waals surface area contributed by atoms with E-state index in [1.54, 1.807) is 24.0 Å². The molecule has 0 saturated carbocycles. The molecule has 1 N–H and O–H groups in total. The van der Waals surface area contributed by atoms with Gasteiger partial charge in [0, 0.05) is 18.7 Å². The van der Waals surface area contributed by atoms with Gasteiger partial charge in [-0.15, -0.1) is 0 Å². The van der Waals surface area contributed by atoms with E-state index >= 15 is 0 Å². The Morgan fingerprint density at radius 3 is 2.55 bits per heavy atom. The van der Waals surface area contributed by atoms with Crippen molar-refractivity contribution in [3.63, 3.8) is 0 Å². The van der Waals surface area contributed by atoms with Crippen LogP contribution in [0.2, 0.25) is 0 Å². The van der Waals surface area contributed by atoms with Gasteiger partial charge in [-0.3, -0.25) is 4.79 Å². The predicted molar refractivity (Wildman–Crippen MR) is 74.3 cm³/mol. The molecule has 1 aliphatic heterocycles. The SMILES string of the molecule is CCOc1ccc(C(=O)N2CCCCC2)cc1C(=O)O. The Hall–Kier alpha value is -2.04. The third kappa shape index (κ3) is 3.10. The van der Waals surface area contributed by atoms with E-state index in [1.807, 2.05) is 0 Å². The molecule has 1 aromatic rings. The normalized spacial score (nSPS) is 14.9. The number of likely N-dealkylation sites (tertiary alicyclic amines) is 1. The van der Waals surface area contributed by atoms with E-state index in [-0.39, 0.29) is 11.5 Å². The van der Waals surface area contributed by atoms with Gasteiger partial charge >= 0.3 is 5.97 Å². The number of nitrogens with zero attached hydrogens (tertiary/aromatic N) is 1. The minimum absolute atomic E-state index is 0.0368. The zero-order chi connectivity index (χ0) is 14.5. The van der Waals surface area contributed by atoms with Crippen LogP contribution < -0.4 is 4.74 Å². The van der Waals surface area contributed by atoms with Crippen molar-refractivity contribution in [2.75, 3.05) is 19.7 Å². The monoisotopic (exact) mass is 277 g/mol. The molecule has 0 spiro atoms. The molecule has 0 radical (unpaired) electrons. The molecule has 1 amide bonds. The van der Waals surface area contributed by atoms with Gasteiger partial charge in [0.05, 0.1) is 6.61 Å². The number of carboxylic acids is 1. The van der Waals surface area contributed by atoms with Gasteiger partial charge in [-0.2, -0.15) is 0 Å². The Kier molecular flexibility index (Phi) is 4.61. The number of amides is 1. The first-order valence-electron chi connectivity index (χ1n) is 6.93. The van der Waals surface area contributed by atoms with Crippen LogP contribution in [0.5, 0.6) is 5.75 Å². The van der Waals surface area contributed by atoms with Crippen molar-refractivity contribution in [3.8, 4) is 5.75 Å². The molecule has 1 heterocycles. The number of carbonyl (C=O) groups excluding carboxylic acids is 1. The number of hydrogen-bond acceptors (Lipinski definition) is 3. The molecule has 20 heavy (non-hydrogen) atoms. The highest BCUT2D eigenvalue weighted by molar-refractivity contribution is 5.98. The van der Waals surface area contributed by atoms with Crippen LogP contribution in [-0.2, 0) is 0 Å². The Morgan fingerprint density at radius 1 is 1.25 bits per heavy atom.